The SMILES string of the molecule is C=C[C@H]1CC2(C(=O)N(C)C(=O)N(C)C2=O)[C@H](c2ccccc2)[C@H]1C=O. The second-order valence-corrected chi connectivity index (χ2v) is 6.69. The number of carbonyl (C=O) groups excluding carboxylic acids is 4. The van der Waals surface area contributed by atoms with Crippen LogP contribution in [0.5, 0.6) is 0 Å². The topological polar surface area (TPSA) is 74.8 Å². The highest BCUT2D eigenvalue weighted by Crippen LogP contribution is 2.58. The van der Waals surface area contributed by atoms with E-state index in [9.17, 15) is 19.2 Å². The van der Waals surface area contributed by atoms with Crippen molar-refractivity contribution >= 4 is 24.1 Å². The Hall–Kier alpha value is -2.76. The first-order chi connectivity index (χ1) is 11.9. The van der Waals surface area contributed by atoms with Crippen LogP contribution in [-0.2, 0) is 14.4 Å². The number of allylic oxidation sites excluding steroid dienone is 1. The summed E-state index contributed by atoms with van der Waals surface area (Å²) in [6.45, 7) is 3.77. The first-order valence-corrected chi connectivity index (χ1v) is 8.13. The van der Waals surface area contributed by atoms with Gasteiger partial charge in [0.2, 0.25) is 11.8 Å². The van der Waals surface area contributed by atoms with Gasteiger partial charge >= 0.3 is 6.03 Å². The summed E-state index contributed by atoms with van der Waals surface area (Å²) in [7, 11) is 2.74. The smallest absolute Gasteiger partial charge is 0.303 e. The van der Waals surface area contributed by atoms with E-state index in [0.717, 1.165) is 21.6 Å². The van der Waals surface area contributed by atoms with Crippen LogP contribution in [0, 0.1) is 17.3 Å². The van der Waals surface area contributed by atoms with Gasteiger partial charge in [0, 0.05) is 25.9 Å². The van der Waals surface area contributed by atoms with E-state index in [2.05, 4.69) is 6.58 Å². The average Bonchev–Trinajstić information content (AvgIpc) is 2.99. The summed E-state index contributed by atoms with van der Waals surface area (Å²) in [5.74, 6) is -2.60. The molecule has 1 aromatic rings. The van der Waals surface area contributed by atoms with Gasteiger partial charge in [-0.2, -0.15) is 0 Å². The number of rotatable bonds is 3. The third kappa shape index (κ3) is 2.17. The minimum Gasteiger partial charge on any atom is -0.303 e. The zero-order valence-electron chi connectivity index (χ0n) is 14.2. The van der Waals surface area contributed by atoms with Crippen molar-refractivity contribution in [2.45, 2.75) is 12.3 Å². The van der Waals surface area contributed by atoms with Gasteiger partial charge in [-0.1, -0.05) is 36.4 Å². The lowest BCUT2D eigenvalue weighted by molar-refractivity contribution is -0.158. The molecule has 4 amide bonds. The summed E-state index contributed by atoms with van der Waals surface area (Å²) in [5, 5.41) is 0. The predicted octanol–water partition coefficient (Wildman–Crippen LogP) is 1.83. The van der Waals surface area contributed by atoms with Gasteiger partial charge in [0.1, 0.15) is 11.7 Å². The molecule has 25 heavy (non-hydrogen) atoms. The van der Waals surface area contributed by atoms with Crippen LogP contribution in [0.15, 0.2) is 43.0 Å². The highest BCUT2D eigenvalue weighted by molar-refractivity contribution is 6.19. The number of hydrogen-bond acceptors (Lipinski definition) is 4. The molecular weight excluding hydrogens is 320 g/mol. The molecule has 6 heteroatoms. The van der Waals surface area contributed by atoms with Crippen molar-refractivity contribution in [3.05, 3.63) is 48.6 Å². The maximum Gasteiger partial charge on any atom is 0.332 e. The zero-order valence-corrected chi connectivity index (χ0v) is 14.2. The van der Waals surface area contributed by atoms with Gasteiger partial charge < -0.3 is 4.79 Å². The van der Waals surface area contributed by atoms with E-state index >= 15 is 0 Å². The maximum atomic E-state index is 13.1. The number of carbonyl (C=O) groups is 4. The quantitative estimate of drug-likeness (QED) is 0.478. The van der Waals surface area contributed by atoms with Gasteiger partial charge in [0.15, 0.2) is 0 Å². The van der Waals surface area contributed by atoms with E-state index in [1.807, 2.05) is 30.3 Å². The van der Waals surface area contributed by atoms with E-state index in [1.165, 1.54) is 14.1 Å². The van der Waals surface area contributed by atoms with E-state index in [0.29, 0.717) is 0 Å². The molecule has 0 bridgehead atoms. The Bertz CT molecular complexity index is 734. The average molecular weight is 340 g/mol. The van der Waals surface area contributed by atoms with Gasteiger partial charge in [-0.3, -0.25) is 19.4 Å². The van der Waals surface area contributed by atoms with Gasteiger partial charge in [0.25, 0.3) is 0 Å². The summed E-state index contributed by atoms with van der Waals surface area (Å²) >= 11 is 0. The van der Waals surface area contributed by atoms with Crippen LogP contribution in [-0.4, -0.2) is 48.0 Å². The van der Waals surface area contributed by atoms with Crippen molar-refractivity contribution in [1.82, 2.24) is 9.80 Å². The Labute approximate surface area is 146 Å². The monoisotopic (exact) mass is 340 g/mol. The van der Waals surface area contributed by atoms with E-state index in [4.69, 9.17) is 0 Å². The maximum absolute atomic E-state index is 13.1. The zero-order chi connectivity index (χ0) is 18.4. The molecule has 2 fully saturated rings. The first-order valence-electron chi connectivity index (χ1n) is 8.13. The van der Waals surface area contributed by atoms with Crippen LogP contribution < -0.4 is 0 Å². The highest BCUT2D eigenvalue weighted by Gasteiger charge is 2.66. The van der Waals surface area contributed by atoms with Crippen molar-refractivity contribution < 1.29 is 19.2 Å². The summed E-state index contributed by atoms with van der Waals surface area (Å²) in [4.78, 5) is 52.2. The molecule has 0 N–H and O–H groups in total. The van der Waals surface area contributed by atoms with E-state index in [-0.39, 0.29) is 12.3 Å². The molecule has 0 radical (unpaired) electrons. The summed E-state index contributed by atoms with van der Waals surface area (Å²) in [5.41, 5.74) is -0.731. The standard InChI is InChI=1S/C19H20N2O4/c1-4-12-10-19(16(23)20(2)18(25)21(3)17(19)24)15(14(12)11-22)13-8-6-5-7-9-13/h4-9,11-12,14-15H,1,10H2,2-3H3/t12-,14-,15+/m0/s1. The fraction of sp³-hybridized carbons (Fsp3) is 0.368. The molecular formula is C19H20N2O4. The summed E-state index contributed by atoms with van der Waals surface area (Å²) in [6, 6.07) is 8.41. The molecule has 1 spiro atoms. The number of amides is 4. The Morgan fingerprint density at radius 2 is 1.64 bits per heavy atom. The molecule has 1 aromatic carbocycles. The fourth-order valence-corrected chi connectivity index (χ4v) is 4.33. The summed E-state index contributed by atoms with van der Waals surface area (Å²) < 4.78 is 0. The largest absolute Gasteiger partial charge is 0.332 e. The number of urea groups is 1. The molecule has 0 aromatic heterocycles. The second-order valence-electron chi connectivity index (χ2n) is 6.69. The Kier molecular flexibility index (Phi) is 4.06. The molecule has 1 heterocycles. The van der Waals surface area contributed by atoms with Crippen molar-refractivity contribution in [2.24, 2.45) is 17.3 Å². The van der Waals surface area contributed by atoms with Gasteiger partial charge in [-0.15, -0.1) is 6.58 Å². The van der Waals surface area contributed by atoms with Crippen molar-refractivity contribution in [3.8, 4) is 0 Å². The number of hydrogen-bond donors (Lipinski definition) is 0. The molecule has 130 valence electrons. The van der Waals surface area contributed by atoms with Crippen LogP contribution >= 0.6 is 0 Å². The lowest BCUT2D eigenvalue weighted by Crippen LogP contribution is -2.64. The fourth-order valence-electron chi connectivity index (χ4n) is 4.33. The van der Waals surface area contributed by atoms with Crippen LogP contribution in [0.25, 0.3) is 0 Å². The minimum absolute atomic E-state index is 0.166. The Balaban J connectivity index is 2.25. The molecule has 2 aliphatic rings. The molecule has 1 saturated heterocycles. The number of imide groups is 2. The number of barbiturate groups is 1. The Morgan fingerprint density at radius 3 is 2.12 bits per heavy atom. The molecule has 1 saturated carbocycles. The number of benzene rings is 1. The van der Waals surface area contributed by atoms with Crippen molar-refractivity contribution in [3.63, 3.8) is 0 Å². The third-order valence-electron chi connectivity index (χ3n) is 5.53. The predicted molar refractivity (Wildman–Crippen MR) is 90.4 cm³/mol. The third-order valence-corrected chi connectivity index (χ3v) is 5.53. The number of nitrogens with zero attached hydrogens (tertiary/aromatic N) is 2. The first kappa shape index (κ1) is 17.1. The molecule has 3 atom stereocenters. The molecule has 3 rings (SSSR count). The summed E-state index contributed by atoms with van der Waals surface area (Å²) in [6.07, 6.45) is 2.59. The molecule has 1 aliphatic carbocycles. The van der Waals surface area contributed by atoms with Crippen LogP contribution in [0.3, 0.4) is 0 Å². The van der Waals surface area contributed by atoms with Crippen molar-refractivity contribution in [1.29, 1.82) is 0 Å². The normalized spacial score (nSPS) is 28.6. The van der Waals surface area contributed by atoms with E-state index in [1.54, 1.807) is 6.08 Å². The lowest BCUT2D eigenvalue weighted by Gasteiger charge is -2.43. The van der Waals surface area contributed by atoms with Crippen LogP contribution in [0.2, 0.25) is 0 Å². The van der Waals surface area contributed by atoms with E-state index < -0.39 is 35.1 Å². The van der Waals surface area contributed by atoms with Gasteiger partial charge in [0.05, 0.1) is 0 Å². The van der Waals surface area contributed by atoms with Crippen LogP contribution in [0.1, 0.15) is 17.9 Å². The molecule has 1 aliphatic heterocycles. The Morgan fingerprint density at radius 1 is 1.08 bits per heavy atom. The van der Waals surface area contributed by atoms with Gasteiger partial charge in [-0.05, 0) is 17.9 Å². The minimum atomic E-state index is -1.47. The lowest BCUT2D eigenvalue weighted by atomic mass is 9.69. The van der Waals surface area contributed by atoms with Crippen LogP contribution in [0.4, 0.5) is 4.79 Å². The molecule has 0 unspecified atom stereocenters. The van der Waals surface area contributed by atoms with Crippen molar-refractivity contribution in [2.75, 3.05) is 14.1 Å². The molecule has 6 nitrogen and oxygen atoms in total. The second kappa shape index (κ2) is 5.95. The van der Waals surface area contributed by atoms with Gasteiger partial charge in [-0.25, -0.2) is 4.79 Å². The number of aldehydes is 1. The highest BCUT2D eigenvalue weighted by atomic mass is 16.2.